The fraction of sp³-hybridized carbons (Fsp3) is 0.133. The fourth-order valence-electron chi connectivity index (χ4n) is 2.44. The Labute approximate surface area is 153 Å². The molecule has 1 aliphatic heterocycles. The van der Waals surface area contributed by atoms with Crippen LogP contribution in [0.3, 0.4) is 0 Å². The first-order chi connectivity index (χ1) is 11.8. The Morgan fingerprint density at radius 1 is 1.20 bits per heavy atom. The van der Waals surface area contributed by atoms with Crippen LogP contribution in [0.25, 0.3) is 0 Å². The molecule has 3 rings (SSSR count). The summed E-state index contributed by atoms with van der Waals surface area (Å²) < 4.78 is 24.8. The Hall–Kier alpha value is -2.16. The Kier molecular flexibility index (Phi) is 4.68. The maximum absolute atomic E-state index is 12.4. The first-order valence-electron chi connectivity index (χ1n) is 6.99. The molecule has 10 heteroatoms. The minimum Gasteiger partial charge on any atom is -0.272 e. The van der Waals surface area contributed by atoms with Crippen molar-refractivity contribution in [2.75, 3.05) is 5.75 Å². The number of pyridine rings is 1. The second kappa shape index (κ2) is 6.62. The highest BCUT2D eigenvalue weighted by atomic mass is 35.5. The zero-order chi connectivity index (χ0) is 18.2. The monoisotopic (exact) mass is 399 g/mol. The number of rotatable bonds is 3. The highest BCUT2D eigenvalue weighted by Gasteiger charge is 2.47. The van der Waals surface area contributed by atoms with E-state index in [0.29, 0.717) is 5.02 Å². The molecule has 1 fully saturated rings. The van der Waals surface area contributed by atoms with Gasteiger partial charge < -0.3 is 0 Å². The summed E-state index contributed by atoms with van der Waals surface area (Å²) in [5, 5.41) is -0.231. The molecule has 1 aliphatic rings. The minimum atomic E-state index is -3.88. The molecular formula is C15H11Cl2N3O4S. The quantitative estimate of drug-likeness (QED) is 0.850. The van der Waals surface area contributed by atoms with Gasteiger partial charge in [0.1, 0.15) is 5.75 Å². The van der Waals surface area contributed by atoms with Crippen LogP contribution in [0.1, 0.15) is 21.3 Å². The summed E-state index contributed by atoms with van der Waals surface area (Å²) in [6.07, 6.45) is 2.82. The summed E-state index contributed by atoms with van der Waals surface area (Å²) in [5.41, 5.74) is 2.73. The molecule has 0 saturated carbocycles. The molecule has 1 N–H and O–H groups in total. The Balaban J connectivity index is 1.98. The fourth-order valence-corrected chi connectivity index (χ4v) is 4.75. The van der Waals surface area contributed by atoms with E-state index in [9.17, 15) is 18.0 Å². The number of nitrogens with one attached hydrogen (secondary N) is 1. The number of sulfone groups is 1. The Morgan fingerprint density at radius 2 is 1.88 bits per heavy atom. The maximum Gasteiger partial charge on any atom is 0.270 e. The molecule has 25 heavy (non-hydrogen) atoms. The van der Waals surface area contributed by atoms with Crippen LogP contribution in [0.15, 0.2) is 42.7 Å². The van der Waals surface area contributed by atoms with Crippen molar-refractivity contribution in [1.29, 1.82) is 0 Å². The smallest absolute Gasteiger partial charge is 0.270 e. The van der Waals surface area contributed by atoms with Crippen LogP contribution in [0.2, 0.25) is 10.0 Å². The number of nitrogens with zero attached hydrogens (tertiary/aromatic N) is 2. The van der Waals surface area contributed by atoms with Crippen molar-refractivity contribution < 1.29 is 18.0 Å². The highest BCUT2D eigenvalue weighted by molar-refractivity contribution is 7.92. The summed E-state index contributed by atoms with van der Waals surface area (Å²) >= 11 is 11.9. The second-order valence-corrected chi connectivity index (χ2v) is 8.17. The third-order valence-corrected chi connectivity index (χ3v) is 5.92. The first kappa shape index (κ1) is 17.7. The van der Waals surface area contributed by atoms with Crippen molar-refractivity contribution in [3.8, 4) is 0 Å². The number of hydrogen-bond acceptors (Lipinski definition) is 5. The lowest BCUT2D eigenvalue weighted by Crippen LogP contribution is -2.45. The number of carbonyl (C=O) groups excluding carboxylic acids is 2. The maximum atomic E-state index is 12.4. The van der Waals surface area contributed by atoms with E-state index in [2.05, 4.69) is 10.4 Å². The van der Waals surface area contributed by atoms with Gasteiger partial charge in [0.05, 0.1) is 0 Å². The van der Waals surface area contributed by atoms with Gasteiger partial charge in [-0.25, -0.2) is 13.4 Å². The molecule has 2 amide bonds. The van der Waals surface area contributed by atoms with Gasteiger partial charge in [-0.15, -0.1) is 0 Å². The van der Waals surface area contributed by atoms with Crippen molar-refractivity contribution in [3.63, 3.8) is 0 Å². The van der Waals surface area contributed by atoms with Crippen molar-refractivity contribution in [2.24, 2.45) is 0 Å². The summed E-state index contributed by atoms with van der Waals surface area (Å²) in [7, 11) is -3.88. The van der Waals surface area contributed by atoms with E-state index in [1.54, 1.807) is 0 Å². The molecule has 0 radical (unpaired) electrons. The van der Waals surface area contributed by atoms with E-state index in [1.807, 2.05) is 0 Å². The summed E-state index contributed by atoms with van der Waals surface area (Å²) in [6.45, 7) is 0. The van der Waals surface area contributed by atoms with Crippen molar-refractivity contribution in [2.45, 2.75) is 5.37 Å². The van der Waals surface area contributed by atoms with Crippen LogP contribution in [-0.2, 0) is 14.6 Å². The lowest BCUT2D eigenvalue weighted by molar-refractivity contribution is -0.130. The van der Waals surface area contributed by atoms with Crippen LogP contribution in [0.4, 0.5) is 0 Å². The van der Waals surface area contributed by atoms with Gasteiger partial charge in [-0.3, -0.25) is 20.0 Å². The van der Waals surface area contributed by atoms with E-state index in [1.165, 1.54) is 42.7 Å². The third-order valence-electron chi connectivity index (χ3n) is 3.56. The van der Waals surface area contributed by atoms with Crippen LogP contribution < -0.4 is 5.43 Å². The molecule has 1 aromatic heterocycles. The zero-order valence-electron chi connectivity index (χ0n) is 12.5. The molecule has 1 saturated heterocycles. The second-order valence-electron chi connectivity index (χ2n) is 5.27. The van der Waals surface area contributed by atoms with E-state index in [-0.39, 0.29) is 16.1 Å². The third kappa shape index (κ3) is 3.46. The number of aromatic nitrogens is 1. The Bertz CT molecular complexity index is 951. The minimum absolute atomic E-state index is 0.0823. The topological polar surface area (TPSA) is 96.4 Å². The number of carbonyl (C=O) groups is 2. The lowest BCUT2D eigenvalue weighted by Gasteiger charge is -2.24. The molecule has 0 aliphatic carbocycles. The van der Waals surface area contributed by atoms with Gasteiger partial charge >= 0.3 is 0 Å². The number of benzene rings is 1. The van der Waals surface area contributed by atoms with Crippen LogP contribution in [0.5, 0.6) is 0 Å². The average Bonchev–Trinajstić information content (AvgIpc) is 2.77. The number of halogens is 2. The van der Waals surface area contributed by atoms with Gasteiger partial charge in [-0.1, -0.05) is 29.3 Å². The van der Waals surface area contributed by atoms with Crippen molar-refractivity contribution >= 4 is 44.9 Å². The molecule has 7 nitrogen and oxygen atoms in total. The van der Waals surface area contributed by atoms with E-state index in [4.69, 9.17) is 23.2 Å². The van der Waals surface area contributed by atoms with Gasteiger partial charge in [0.2, 0.25) is 0 Å². The van der Waals surface area contributed by atoms with Gasteiger partial charge in [-0.2, -0.15) is 0 Å². The molecule has 0 unspecified atom stereocenters. The molecule has 2 aromatic rings. The Morgan fingerprint density at radius 3 is 2.52 bits per heavy atom. The van der Waals surface area contributed by atoms with Gasteiger partial charge in [-0.05, 0) is 24.3 Å². The molecule has 0 bridgehead atoms. The first-order valence-corrected chi connectivity index (χ1v) is 9.46. The normalized spacial score (nSPS) is 19.0. The predicted octanol–water partition coefficient (Wildman–Crippen LogP) is 1.99. The molecule has 1 atom stereocenters. The average molecular weight is 400 g/mol. The highest BCUT2D eigenvalue weighted by Crippen LogP contribution is 2.37. The zero-order valence-corrected chi connectivity index (χ0v) is 14.8. The van der Waals surface area contributed by atoms with E-state index >= 15 is 0 Å². The number of amides is 2. The van der Waals surface area contributed by atoms with Crippen LogP contribution in [0, 0.1) is 0 Å². The van der Waals surface area contributed by atoms with Crippen LogP contribution >= 0.6 is 23.2 Å². The standard InChI is InChI=1S/C15H11Cl2N3O4S/c16-10-1-2-11(12(17)7-10)15-20(13(21)8-25(15,23)24)19-14(22)9-3-5-18-6-4-9/h1-7,15H,8H2,(H,19,22)/t15-/m0/s1. The van der Waals surface area contributed by atoms with Gasteiger partial charge in [0.25, 0.3) is 11.8 Å². The predicted molar refractivity (Wildman–Crippen MR) is 91.5 cm³/mol. The molecule has 2 heterocycles. The molecular weight excluding hydrogens is 389 g/mol. The SMILES string of the molecule is O=C(NN1C(=O)CS(=O)(=O)[C@H]1c1ccc(Cl)cc1Cl)c1ccncc1. The summed E-state index contributed by atoms with van der Waals surface area (Å²) in [6, 6.07) is 7.13. The van der Waals surface area contributed by atoms with Gasteiger partial charge in [0, 0.05) is 33.6 Å². The van der Waals surface area contributed by atoms with E-state index in [0.717, 1.165) is 5.01 Å². The molecule has 0 spiro atoms. The summed E-state index contributed by atoms with van der Waals surface area (Å²) in [5.74, 6) is -2.12. The largest absolute Gasteiger partial charge is 0.272 e. The number of hydrogen-bond donors (Lipinski definition) is 1. The summed E-state index contributed by atoms with van der Waals surface area (Å²) in [4.78, 5) is 28.3. The molecule has 130 valence electrons. The van der Waals surface area contributed by atoms with Crippen molar-refractivity contribution in [3.05, 3.63) is 63.9 Å². The molecule has 1 aromatic carbocycles. The van der Waals surface area contributed by atoms with Crippen molar-refractivity contribution in [1.82, 2.24) is 15.4 Å². The number of hydrazine groups is 1. The van der Waals surface area contributed by atoms with Gasteiger partial charge in [0.15, 0.2) is 15.2 Å². The van der Waals surface area contributed by atoms with E-state index < -0.39 is 32.8 Å². The lowest BCUT2D eigenvalue weighted by atomic mass is 10.2. The van der Waals surface area contributed by atoms with Crippen LogP contribution in [-0.4, -0.2) is 36.0 Å².